The van der Waals surface area contributed by atoms with E-state index in [-0.39, 0.29) is 4.90 Å². The number of nitrogens with two attached hydrogens (primary N) is 1. The molecule has 21 heavy (non-hydrogen) atoms. The lowest BCUT2D eigenvalue weighted by atomic mass is 10.2. The van der Waals surface area contributed by atoms with Gasteiger partial charge in [-0.1, -0.05) is 6.07 Å². The fourth-order valence-electron chi connectivity index (χ4n) is 1.98. The summed E-state index contributed by atoms with van der Waals surface area (Å²) < 4.78 is 27.4. The smallest absolute Gasteiger partial charge is 0.262 e. The molecular weight excluding hydrogens is 286 g/mol. The van der Waals surface area contributed by atoms with Crippen LogP contribution >= 0.6 is 0 Å². The Labute approximate surface area is 124 Å². The first-order valence-corrected chi connectivity index (χ1v) is 7.71. The molecule has 3 N–H and O–H groups in total. The third-order valence-electron chi connectivity index (χ3n) is 3.05. The van der Waals surface area contributed by atoms with Crippen LogP contribution in [0.4, 0.5) is 11.4 Å². The normalized spacial score (nSPS) is 10.9. The van der Waals surface area contributed by atoms with Gasteiger partial charge in [-0.25, -0.2) is 8.42 Å². The van der Waals surface area contributed by atoms with Crippen LogP contribution in [0.1, 0.15) is 16.7 Å². The monoisotopic (exact) mass is 301 g/mol. The highest BCUT2D eigenvalue weighted by molar-refractivity contribution is 7.92. The van der Waals surface area contributed by atoms with Crippen LogP contribution in [0.5, 0.6) is 0 Å². The Kier molecular flexibility index (Phi) is 3.87. The maximum absolute atomic E-state index is 12.4. The third kappa shape index (κ3) is 3.15. The average molecular weight is 301 g/mol. The van der Waals surface area contributed by atoms with Crippen LogP contribution in [0.2, 0.25) is 0 Å². The molecule has 0 unspecified atom stereocenters. The van der Waals surface area contributed by atoms with E-state index in [4.69, 9.17) is 11.0 Å². The van der Waals surface area contributed by atoms with Crippen LogP contribution < -0.4 is 10.5 Å². The molecule has 0 bridgehead atoms. The standard InChI is InChI=1S/C15H15N3O2S/c1-10-3-5-13(17)14(7-10)18-21(19,20)15-6-4-12(9-16)8-11(15)2/h3-8,18H,17H2,1-2H3. The van der Waals surface area contributed by atoms with Gasteiger partial charge in [-0.05, 0) is 55.3 Å². The first-order chi connectivity index (χ1) is 9.83. The summed E-state index contributed by atoms with van der Waals surface area (Å²) in [5.74, 6) is 0. The second kappa shape index (κ2) is 5.46. The topological polar surface area (TPSA) is 96.0 Å². The van der Waals surface area contributed by atoms with Crippen molar-refractivity contribution in [3.63, 3.8) is 0 Å². The van der Waals surface area contributed by atoms with Crippen LogP contribution in [0.15, 0.2) is 41.3 Å². The molecule has 0 saturated carbocycles. The van der Waals surface area contributed by atoms with Gasteiger partial charge >= 0.3 is 0 Å². The number of sulfonamides is 1. The van der Waals surface area contributed by atoms with E-state index in [0.717, 1.165) is 5.56 Å². The lowest BCUT2D eigenvalue weighted by Gasteiger charge is -2.12. The number of rotatable bonds is 3. The molecular formula is C15H15N3O2S. The van der Waals surface area contributed by atoms with Crippen molar-refractivity contribution in [3.05, 3.63) is 53.1 Å². The summed E-state index contributed by atoms with van der Waals surface area (Å²) in [5.41, 5.74) is 8.32. The minimum Gasteiger partial charge on any atom is -0.397 e. The molecule has 2 aromatic carbocycles. The second-order valence-electron chi connectivity index (χ2n) is 4.79. The molecule has 0 heterocycles. The molecule has 6 heteroatoms. The molecule has 5 nitrogen and oxygen atoms in total. The van der Waals surface area contributed by atoms with Gasteiger partial charge < -0.3 is 5.73 Å². The summed E-state index contributed by atoms with van der Waals surface area (Å²) in [6.45, 7) is 3.50. The maximum atomic E-state index is 12.4. The first-order valence-electron chi connectivity index (χ1n) is 6.23. The second-order valence-corrected chi connectivity index (χ2v) is 6.44. The first kappa shape index (κ1) is 14.9. The SMILES string of the molecule is Cc1ccc(N)c(NS(=O)(=O)c2ccc(C#N)cc2C)c1. The van der Waals surface area contributed by atoms with Gasteiger partial charge in [0, 0.05) is 0 Å². The Bertz CT molecular complexity index is 836. The molecule has 0 spiro atoms. The minimum atomic E-state index is -3.75. The van der Waals surface area contributed by atoms with E-state index >= 15 is 0 Å². The summed E-state index contributed by atoms with van der Waals surface area (Å²) >= 11 is 0. The van der Waals surface area contributed by atoms with Gasteiger partial charge in [0.15, 0.2) is 0 Å². The Morgan fingerprint density at radius 2 is 1.86 bits per heavy atom. The number of nitriles is 1. The van der Waals surface area contributed by atoms with Crippen LogP contribution in [-0.4, -0.2) is 8.42 Å². The van der Waals surface area contributed by atoms with Crippen molar-refractivity contribution in [1.29, 1.82) is 5.26 Å². The Balaban J connectivity index is 2.44. The van der Waals surface area contributed by atoms with Crippen molar-refractivity contribution in [2.75, 3.05) is 10.5 Å². The fraction of sp³-hybridized carbons (Fsp3) is 0.133. The summed E-state index contributed by atoms with van der Waals surface area (Å²) in [6.07, 6.45) is 0. The van der Waals surface area contributed by atoms with E-state index in [0.29, 0.717) is 22.5 Å². The highest BCUT2D eigenvalue weighted by atomic mass is 32.2. The van der Waals surface area contributed by atoms with Gasteiger partial charge in [-0.2, -0.15) is 5.26 Å². The van der Waals surface area contributed by atoms with Crippen molar-refractivity contribution in [1.82, 2.24) is 0 Å². The number of nitrogen functional groups attached to an aromatic ring is 1. The van der Waals surface area contributed by atoms with Crippen molar-refractivity contribution < 1.29 is 8.42 Å². The fourth-order valence-corrected chi connectivity index (χ4v) is 3.28. The van der Waals surface area contributed by atoms with Crippen LogP contribution in [0.25, 0.3) is 0 Å². The number of hydrogen-bond donors (Lipinski definition) is 2. The number of benzene rings is 2. The van der Waals surface area contributed by atoms with E-state index in [1.54, 1.807) is 25.1 Å². The summed E-state index contributed by atoms with van der Waals surface area (Å²) in [5, 5.41) is 8.83. The van der Waals surface area contributed by atoms with Gasteiger partial charge in [-0.15, -0.1) is 0 Å². The molecule has 0 aliphatic rings. The van der Waals surface area contributed by atoms with Crippen LogP contribution in [0, 0.1) is 25.2 Å². The zero-order chi connectivity index (χ0) is 15.6. The lowest BCUT2D eigenvalue weighted by molar-refractivity contribution is 0.600. The van der Waals surface area contributed by atoms with Gasteiger partial charge in [0.1, 0.15) is 0 Å². The predicted molar refractivity (Wildman–Crippen MR) is 82.3 cm³/mol. The zero-order valence-electron chi connectivity index (χ0n) is 11.7. The Hall–Kier alpha value is -2.52. The highest BCUT2D eigenvalue weighted by Crippen LogP contribution is 2.25. The van der Waals surface area contributed by atoms with E-state index in [2.05, 4.69) is 4.72 Å². The van der Waals surface area contributed by atoms with E-state index in [1.165, 1.54) is 18.2 Å². The number of nitrogens with zero attached hydrogens (tertiary/aromatic N) is 1. The van der Waals surface area contributed by atoms with E-state index in [9.17, 15) is 8.42 Å². The molecule has 0 fully saturated rings. The average Bonchev–Trinajstić information content (AvgIpc) is 2.42. The third-order valence-corrected chi connectivity index (χ3v) is 4.57. The molecule has 0 aromatic heterocycles. The van der Waals surface area contributed by atoms with Crippen molar-refractivity contribution in [2.24, 2.45) is 0 Å². The number of hydrogen-bond acceptors (Lipinski definition) is 4. The molecule has 2 rings (SSSR count). The largest absolute Gasteiger partial charge is 0.397 e. The number of nitrogens with one attached hydrogen (secondary N) is 1. The molecule has 0 radical (unpaired) electrons. The van der Waals surface area contributed by atoms with Crippen molar-refractivity contribution >= 4 is 21.4 Å². The molecule has 108 valence electrons. The minimum absolute atomic E-state index is 0.127. The summed E-state index contributed by atoms with van der Waals surface area (Å²) in [4.78, 5) is 0.127. The molecule has 0 saturated heterocycles. The van der Waals surface area contributed by atoms with Gasteiger partial charge in [0.05, 0.1) is 27.9 Å². The van der Waals surface area contributed by atoms with Gasteiger partial charge in [-0.3, -0.25) is 4.72 Å². The van der Waals surface area contributed by atoms with Crippen molar-refractivity contribution in [2.45, 2.75) is 18.7 Å². The number of anilines is 2. The predicted octanol–water partition coefficient (Wildman–Crippen LogP) is 2.56. The Morgan fingerprint density at radius 1 is 1.14 bits per heavy atom. The molecule has 2 aromatic rings. The lowest BCUT2D eigenvalue weighted by Crippen LogP contribution is -2.15. The molecule has 0 aliphatic carbocycles. The van der Waals surface area contributed by atoms with Crippen LogP contribution in [-0.2, 0) is 10.0 Å². The quantitative estimate of drug-likeness (QED) is 0.851. The number of aryl methyl sites for hydroxylation is 2. The Morgan fingerprint density at radius 3 is 2.48 bits per heavy atom. The van der Waals surface area contributed by atoms with Crippen molar-refractivity contribution in [3.8, 4) is 6.07 Å². The van der Waals surface area contributed by atoms with Gasteiger partial charge in [0.25, 0.3) is 10.0 Å². The maximum Gasteiger partial charge on any atom is 0.262 e. The van der Waals surface area contributed by atoms with E-state index in [1.807, 2.05) is 13.0 Å². The molecule has 0 aliphatic heterocycles. The zero-order valence-corrected chi connectivity index (χ0v) is 12.5. The molecule has 0 amide bonds. The van der Waals surface area contributed by atoms with Crippen LogP contribution in [0.3, 0.4) is 0 Å². The summed E-state index contributed by atoms with van der Waals surface area (Å²) in [6, 6.07) is 11.5. The van der Waals surface area contributed by atoms with E-state index < -0.39 is 10.0 Å². The highest BCUT2D eigenvalue weighted by Gasteiger charge is 2.18. The molecule has 0 atom stereocenters. The summed E-state index contributed by atoms with van der Waals surface area (Å²) in [7, 11) is -3.75. The van der Waals surface area contributed by atoms with Gasteiger partial charge in [0.2, 0.25) is 0 Å².